The van der Waals surface area contributed by atoms with Gasteiger partial charge in [0.25, 0.3) is 0 Å². The number of primary amides is 1. The molecule has 0 aromatic carbocycles. The predicted molar refractivity (Wildman–Crippen MR) is 81.3 cm³/mol. The van der Waals surface area contributed by atoms with Gasteiger partial charge in [-0.25, -0.2) is 18.9 Å². The van der Waals surface area contributed by atoms with Crippen molar-refractivity contribution in [3.8, 4) is 0 Å². The Labute approximate surface area is 137 Å². The standard InChI is InChI=1S/C10H21N6O7P/c1-16(9(12)13)5-7(17)22-24(20,21)23-8(18)6(11)3-2-4-15-10(14)19/h6H,2-5,11H2,1H3,(H3,12,13)(H,20,21)(H3,14,15,19)/t6-/m0/s1. The summed E-state index contributed by atoms with van der Waals surface area (Å²) in [4.78, 5) is 43.6. The molecule has 0 rings (SSSR count). The minimum Gasteiger partial charge on any atom is -0.370 e. The molecule has 2 amide bonds. The Balaban J connectivity index is 4.34. The van der Waals surface area contributed by atoms with Gasteiger partial charge < -0.3 is 36.5 Å². The van der Waals surface area contributed by atoms with E-state index in [-0.39, 0.29) is 19.4 Å². The number of rotatable bonds is 9. The highest BCUT2D eigenvalue weighted by Crippen LogP contribution is 2.43. The third-order valence-corrected chi connectivity index (χ3v) is 3.34. The van der Waals surface area contributed by atoms with Crippen LogP contribution >= 0.6 is 7.82 Å². The van der Waals surface area contributed by atoms with Crippen LogP contribution in [0.2, 0.25) is 0 Å². The Morgan fingerprint density at radius 3 is 2.42 bits per heavy atom. The Morgan fingerprint density at radius 2 is 1.92 bits per heavy atom. The summed E-state index contributed by atoms with van der Waals surface area (Å²) in [5.74, 6) is -2.96. The predicted octanol–water partition coefficient (Wildman–Crippen LogP) is -2.23. The van der Waals surface area contributed by atoms with Crippen LogP contribution in [0.15, 0.2) is 0 Å². The summed E-state index contributed by atoms with van der Waals surface area (Å²) >= 11 is 0. The van der Waals surface area contributed by atoms with Gasteiger partial charge in [-0.05, 0) is 12.8 Å². The van der Waals surface area contributed by atoms with Crippen LogP contribution in [-0.2, 0) is 23.2 Å². The average Bonchev–Trinajstić information content (AvgIpc) is 2.41. The lowest BCUT2D eigenvalue weighted by Crippen LogP contribution is -2.37. The van der Waals surface area contributed by atoms with Crippen molar-refractivity contribution in [3.63, 3.8) is 0 Å². The Hall–Kier alpha value is -2.37. The molecule has 0 bridgehead atoms. The Morgan fingerprint density at radius 1 is 1.33 bits per heavy atom. The number of amides is 2. The number of carbonyl (C=O) groups is 3. The number of nitrogens with one attached hydrogen (secondary N) is 2. The number of nitrogens with zero attached hydrogens (tertiary/aromatic N) is 1. The second-order valence-corrected chi connectivity index (χ2v) is 5.93. The zero-order valence-corrected chi connectivity index (χ0v) is 13.8. The fourth-order valence-corrected chi connectivity index (χ4v) is 2.00. The lowest BCUT2D eigenvalue weighted by Gasteiger charge is -2.17. The number of likely N-dealkylation sites (N-methyl/N-ethyl adjacent to an activating group) is 1. The number of phosphoric ester groups is 1. The van der Waals surface area contributed by atoms with Crippen molar-refractivity contribution in [2.75, 3.05) is 20.1 Å². The molecular formula is C10H21N6O7P. The minimum atomic E-state index is -5.01. The van der Waals surface area contributed by atoms with E-state index >= 15 is 0 Å². The molecule has 9 N–H and O–H groups in total. The zero-order valence-electron chi connectivity index (χ0n) is 12.9. The highest BCUT2D eigenvalue weighted by atomic mass is 31.2. The van der Waals surface area contributed by atoms with Crippen LogP contribution in [0.25, 0.3) is 0 Å². The second kappa shape index (κ2) is 9.70. The van der Waals surface area contributed by atoms with Crippen molar-refractivity contribution < 1.29 is 32.9 Å². The number of hydrogen-bond donors (Lipinski definition) is 6. The largest absolute Gasteiger partial charge is 0.589 e. The average molecular weight is 368 g/mol. The molecule has 24 heavy (non-hydrogen) atoms. The van der Waals surface area contributed by atoms with Crippen molar-refractivity contribution in [1.29, 1.82) is 5.41 Å². The smallest absolute Gasteiger partial charge is 0.370 e. The van der Waals surface area contributed by atoms with E-state index in [0.717, 1.165) is 4.90 Å². The maximum Gasteiger partial charge on any atom is 0.589 e. The molecule has 0 aliphatic carbocycles. The van der Waals surface area contributed by atoms with Crippen LogP contribution in [0.1, 0.15) is 12.8 Å². The molecule has 0 aromatic rings. The molecule has 0 aliphatic heterocycles. The van der Waals surface area contributed by atoms with Gasteiger partial charge in [0.15, 0.2) is 5.96 Å². The minimum absolute atomic E-state index is 0.0279. The van der Waals surface area contributed by atoms with Crippen molar-refractivity contribution in [1.82, 2.24) is 10.2 Å². The molecule has 0 aliphatic rings. The number of carbonyl (C=O) groups excluding carboxylic acids is 3. The summed E-state index contributed by atoms with van der Waals surface area (Å²) in [5.41, 5.74) is 15.4. The molecule has 1 unspecified atom stereocenters. The zero-order chi connectivity index (χ0) is 18.9. The van der Waals surface area contributed by atoms with E-state index in [0.29, 0.717) is 0 Å². The molecule has 138 valence electrons. The highest BCUT2D eigenvalue weighted by molar-refractivity contribution is 7.48. The van der Waals surface area contributed by atoms with Crippen molar-refractivity contribution in [2.45, 2.75) is 18.9 Å². The van der Waals surface area contributed by atoms with Gasteiger partial charge in [-0.2, -0.15) is 0 Å². The van der Waals surface area contributed by atoms with Gasteiger partial charge in [0.2, 0.25) is 0 Å². The number of nitrogens with two attached hydrogens (primary N) is 3. The monoisotopic (exact) mass is 368 g/mol. The molecule has 0 aromatic heterocycles. The molecule has 0 heterocycles. The fourth-order valence-electron chi connectivity index (χ4n) is 1.29. The summed E-state index contributed by atoms with van der Waals surface area (Å²) in [6, 6.07) is -2.01. The van der Waals surface area contributed by atoms with Gasteiger partial charge in [0.1, 0.15) is 12.6 Å². The number of urea groups is 1. The fraction of sp³-hybridized carbons (Fsp3) is 0.600. The maximum atomic E-state index is 11.6. The molecule has 0 fully saturated rings. The van der Waals surface area contributed by atoms with Crippen LogP contribution in [0, 0.1) is 5.41 Å². The van der Waals surface area contributed by atoms with E-state index in [2.05, 4.69) is 14.4 Å². The van der Waals surface area contributed by atoms with Gasteiger partial charge in [-0.3, -0.25) is 10.3 Å². The van der Waals surface area contributed by atoms with Gasteiger partial charge in [-0.1, -0.05) is 0 Å². The SMILES string of the molecule is CN(CC(=O)OP(=O)(O)OC(=O)[C@@H](N)CCCNC(N)=O)C(=N)N. The topological polar surface area (TPSA) is 224 Å². The maximum absolute atomic E-state index is 11.6. The Bertz CT molecular complexity index is 542. The summed E-state index contributed by atoms with van der Waals surface area (Å²) in [6.07, 6.45) is 0.290. The van der Waals surface area contributed by atoms with Crippen LogP contribution in [-0.4, -0.2) is 59.9 Å². The summed E-state index contributed by atoms with van der Waals surface area (Å²) in [6.45, 7) is -0.443. The van der Waals surface area contributed by atoms with Crippen LogP contribution in [0.4, 0.5) is 4.79 Å². The number of phosphoric acid groups is 1. The molecule has 2 atom stereocenters. The lowest BCUT2D eigenvalue weighted by atomic mass is 10.2. The first-order valence-electron chi connectivity index (χ1n) is 6.57. The van der Waals surface area contributed by atoms with E-state index < -0.39 is 44.3 Å². The normalized spacial score (nSPS) is 14.0. The molecule has 0 saturated carbocycles. The third-order valence-electron chi connectivity index (χ3n) is 2.49. The first-order chi connectivity index (χ1) is 10.9. The second-order valence-electron chi connectivity index (χ2n) is 4.62. The number of hydrogen-bond acceptors (Lipinski definition) is 8. The summed E-state index contributed by atoms with van der Waals surface area (Å²) < 4.78 is 19.9. The Kier molecular flexibility index (Phi) is 8.74. The van der Waals surface area contributed by atoms with Crippen LogP contribution in [0.3, 0.4) is 0 Å². The van der Waals surface area contributed by atoms with Gasteiger partial charge in [0, 0.05) is 13.6 Å². The molecular weight excluding hydrogens is 347 g/mol. The van der Waals surface area contributed by atoms with Gasteiger partial charge >= 0.3 is 25.8 Å². The molecule has 0 radical (unpaired) electrons. The van der Waals surface area contributed by atoms with E-state index in [1.165, 1.54) is 7.05 Å². The van der Waals surface area contributed by atoms with Crippen LogP contribution < -0.4 is 22.5 Å². The van der Waals surface area contributed by atoms with E-state index in [4.69, 9.17) is 22.6 Å². The van der Waals surface area contributed by atoms with E-state index in [9.17, 15) is 23.8 Å². The van der Waals surface area contributed by atoms with Crippen LogP contribution in [0.5, 0.6) is 0 Å². The highest BCUT2D eigenvalue weighted by Gasteiger charge is 2.33. The molecule has 0 spiro atoms. The van der Waals surface area contributed by atoms with E-state index in [1.807, 2.05) is 0 Å². The first-order valence-corrected chi connectivity index (χ1v) is 8.07. The molecule has 14 heteroatoms. The quantitative estimate of drug-likeness (QED) is 0.111. The van der Waals surface area contributed by atoms with Crippen molar-refractivity contribution in [3.05, 3.63) is 0 Å². The van der Waals surface area contributed by atoms with Crippen molar-refractivity contribution in [2.24, 2.45) is 17.2 Å². The molecule has 13 nitrogen and oxygen atoms in total. The van der Waals surface area contributed by atoms with Crippen molar-refractivity contribution >= 4 is 31.8 Å². The molecule has 0 saturated heterocycles. The number of guanidine groups is 1. The third kappa shape index (κ3) is 9.61. The summed E-state index contributed by atoms with van der Waals surface area (Å²) in [5, 5.41) is 9.30. The lowest BCUT2D eigenvalue weighted by molar-refractivity contribution is -0.141. The first kappa shape index (κ1) is 21.6. The van der Waals surface area contributed by atoms with Gasteiger partial charge in [-0.15, -0.1) is 0 Å². The summed E-state index contributed by atoms with van der Waals surface area (Å²) in [7, 11) is -3.73. The van der Waals surface area contributed by atoms with Gasteiger partial charge in [0.05, 0.1) is 0 Å². The van der Waals surface area contributed by atoms with E-state index in [1.54, 1.807) is 0 Å².